The molecule has 0 unspecified atom stereocenters. The molecule has 3 atom stereocenters. The highest BCUT2D eigenvalue weighted by Gasteiger charge is 2.25. The zero-order valence-corrected chi connectivity index (χ0v) is 50.6. The molecule has 7 heterocycles. The highest BCUT2D eigenvalue weighted by atomic mass is 16.5. The number of hydrogen-bond donors (Lipinski definition) is 6. The molecule has 3 aromatic carbocycles. The number of rotatable bonds is 21. The first-order chi connectivity index (χ1) is 42.5. The maximum absolute atomic E-state index is 12.6. The van der Waals surface area contributed by atoms with Crippen molar-refractivity contribution < 1.29 is 34.4 Å². The van der Waals surface area contributed by atoms with Crippen molar-refractivity contribution >= 4 is 17.7 Å². The van der Waals surface area contributed by atoms with Crippen LogP contribution in [0.2, 0.25) is 0 Å². The van der Waals surface area contributed by atoms with E-state index in [1.165, 1.54) is 97.5 Å². The summed E-state index contributed by atoms with van der Waals surface area (Å²) in [6.07, 6.45) is 20.5. The Balaban J connectivity index is 0.000000145. The number of nitrogens with zero attached hydrogens (tertiary/aromatic N) is 7. The van der Waals surface area contributed by atoms with Crippen LogP contribution in [0.4, 0.5) is 0 Å². The molecule has 12 rings (SSSR count). The molecule has 2 aliphatic carbocycles. The molecule has 87 heavy (non-hydrogen) atoms. The Labute approximate surface area is 513 Å². The van der Waals surface area contributed by atoms with Crippen molar-refractivity contribution in [1.29, 1.82) is 0 Å². The summed E-state index contributed by atoms with van der Waals surface area (Å²) in [5, 5.41) is 39.8. The van der Waals surface area contributed by atoms with Crippen molar-refractivity contribution in [1.82, 2.24) is 50.6 Å². The molecule has 6 aliphatic rings. The second kappa shape index (κ2) is 32.4. The van der Waals surface area contributed by atoms with Gasteiger partial charge in [-0.05, 0) is 114 Å². The number of carbonyl (C=O) groups is 3. The van der Waals surface area contributed by atoms with Crippen molar-refractivity contribution in [2.45, 2.75) is 134 Å². The lowest BCUT2D eigenvalue weighted by Gasteiger charge is -2.30. The van der Waals surface area contributed by atoms with Crippen molar-refractivity contribution in [3.63, 3.8) is 0 Å². The first-order valence-electron chi connectivity index (χ1n) is 32.1. The molecule has 0 bridgehead atoms. The third-order valence-corrected chi connectivity index (χ3v) is 18.0. The van der Waals surface area contributed by atoms with Gasteiger partial charge in [0.05, 0.1) is 31.5 Å². The van der Waals surface area contributed by atoms with Gasteiger partial charge in [-0.2, -0.15) is 0 Å². The summed E-state index contributed by atoms with van der Waals surface area (Å²) >= 11 is 0. The quantitative estimate of drug-likeness (QED) is 0.0423. The van der Waals surface area contributed by atoms with Crippen LogP contribution in [0.15, 0.2) is 122 Å². The number of hydrogen-bond acceptors (Lipinski definition) is 14. The van der Waals surface area contributed by atoms with Gasteiger partial charge in [0.2, 0.25) is 0 Å². The zero-order valence-electron chi connectivity index (χ0n) is 50.6. The molecule has 6 N–H and O–H groups in total. The molecule has 2 saturated carbocycles. The van der Waals surface area contributed by atoms with Crippen LogP contribution in [-0.2, 0) is 62.9 Å². The standard InChI is InChI=1S/C25H33N3O2.C24H31N3O2.C21H26N4O3/c29-24(18-28-13-11-20-8-4-5-9-22(20)17-28)16-27-25(30)21-10-12-26-23(15-21)14-19-6-2-1-3-7-19;28-23(17-27-12-10-19-7-3-4-8-21(19)16-27)15-26-24(29)20-9-11-25-22(14-20)13-18-5-1-2-6-18;26-19(11-25-6-5-16-3-1-2-4-17(16)10-25)9-22-21(27)20-8-18(23-14-24-20)7-15-12-28-13-15/h4-5,8-10,12,15,19,24,29H,1-3,6-7,11,13-14,16-18H2,(H,27,30);3-4,7-9,11,14,18,23,28H,1-2,5-6,10,12-13,15-17H2,(H,26,29);1-4,8,14-15,19,26H,5-7,9-13H2,(H,22,27)/t24-;23-;19-/m001/s1. The second-order valence-electron chi connectivity index (χ2n) is 25.0. The van der Waals surface area contributed by atoms with Crippen molar-refractivity contribution in [2.75, 3.05) is 72.1 Å². The first-order valence-corrected chi connectivity index (χ1v) is 32.1. The van der Waals surface area contributed by atoms with Crippen LogP contribution in [0.5, 0.6) is 0 Å². The monoisotopic (exact) mass is 1180 g/mol. The minimum Gasteiger partial charge on any atom is -0.390 e. The molecule has 0 spiro atoms. The number of aliphatic hydroxyl groups is 3. The van der Waals surface area contributed by atoms with Gasteiger partial charge in [-0.3, -0.25) is 39.1 Å². The van der Waals surface area contributed by atoms with Crippen molar-refractivity contribution in [3.8, 4) is 0 Å². The molecule has 4 aliphatic heterocycles. The smallest absolute Gasteiger partial charge is 0.270 e. The second-order valence-corrected chi connectivity index (χ2v) is 25.0. The summed E-state index contributed by atoms with van der Waals surface area (Å²) in [5.74, 6) is 1.32. The Morgan fingerprint density at radius 3 is 1.25 bits per heavy atom. The predicted molar refractivity (Wildman–Crippen MR) is 336 cm³/mol. The average molecular weight is 1180 g/mol. The molecule has 17 nitrogen and oxygen atoms in total. The highest BCUT2D eigenvalue weighted by Crippen LogP contribution is 2.29. The number of amides is 3. The normalized spacial score (nSPS) is 18.4. The predicted octanol–water partition coefficient (Wildman–Crippen LogP) is 7.13. The van der Waals surface area contributed by atoms with E-state index in [4.69, 9.17) is 4.74 Å². The van der Waals surface area contributed by atoms with Gasteiger partial charge in [0.15, 0.2) is 0 Å². The van der Waals surface area contributed by atoms with Crippen LogP contribution < -0.4 is 16.0 Å². The van der Waals surface area contributed by atoms with Gasteiger partial charge in [-0.1, -0.05) is 131 Å². The van der Waals surface area contributed by atoms with Gasteiger partial charge in [-0.25, -0.2) is 9.97 Å². The SMILES string of the molecule is O=C(NC[C@@H](O)CN1CCc2ccccc2C1)c1cc(CC2COC2)ncn1.O=C(NC[C@H](O)CN1CCc2ccccc2C1)c1ccnc(CC2CCCC2)c1.O=C(NC[C@H](O)CN1CCc2ccccc2C1)c1ccnc(CC2CCCCC2)c1. The molecular formula is C70H90N10O7. The fourth-order valence-corrected chi connectivity index (χ4v) is 13.1. The minimum atomic E-state index is -0.623. The van der Waals surface area contributed by atoms with E-state index >= 15 is 0 Å². The largest absolute Gasteiger partial charge is 0.390 e. The van der Waals surface area contributed by atoms with Gasteiger partial charge >= 0.3 is 0 Å². The number of β-amino-alcohol motifs (C(OH)–C–C–N with tert-alkyl or cyclic N) is 3. The van der Waals surface area contributed by atoms with Crippen LogP contribution in [0.1, 0.15) is 139 Å². The van der Waals surface area contributed by atoms with Gasteiger partial charge in [0.1, 0.15) is 12.0 Å². The summed E-state index contributed by atoms with van der Waals surface area (Å²) in [4.78, 5) is 61.4. The molecule has 17 heteroatoms. The highest BCUT2D eigenvalue weighted by molar-refractivity contribution is 5.94. The Hall–Kier alpha value is -6.83. The number of nitrogens with one attached hydrogen (secondary N) is 3. The summed E-state index contributed by atoms with van der Waals surface area (Å²) in [5.41, 5.74) is 12.6. The van der Waals surface area contributed by atoms with Gasteiger partial charge in [0, 0.05) is 125 Å². The number of benzene rings is 3. The fraction of sp³-hybridized carbons (Fsp3) is 0.500. The van der Waals surface area contributed by atoms with E-state index in [-0.39, 0.29) is 37.4 Å². The van der Waals surface area contributed by atoms with Gasteiger partial charge in [-0.15, -0.1) is 0 Å². The van der Waals surface area contributed by atoms with Crippen LogP contribution in [0.25, 0.3) is 0 Å². The summed E-state index contributed by atoms with van der Waals surface area (Å²) in [7, 11) is 0. The maximum atomic E-state index is 12.6. The van der Waals surface area contributed by atoms with Gasteiger partial charge < -0.3 is 36.0 Å². The number of ether oxygens (including phenoxy) is 1. The zero-order chi connectivity index (χ0) is 60.2. The lowest BCUT2D eigenvalue weighted by atomic mass is 9.86. The van der Waals surface area contributed by atoms with Crippen LogP contribution >= 0.6 is 0 Å². The van der Waals surface area contributed by atoms with E-state index in [1.54, 1.807) is 30.6 Å². The van der Waals surface area contributed by atoms with E-state index < -0.39 is 18.3 Å². The summed E-state index contributed by atoms with van der Waals surface area (Å²) in [6.45, 7) is 9.24. The molecule has 6 aromatic rings. The van der Waals surface area contributed by atoms with E-state index in [1.807, 2.05) is 18.2 Å². The summed E-state index contributed by atoms with van der Waals surface area (Å²) in [6, 6.07) is 34.4. The minimum absolute atomic E-state index is 0.134. The number of aliphatic hydroxyl groups excluding tert-OH is 3. The van der Waals surface area contributed by atoms with E-state index in [0.29, 0.717) is 54.2 Å². The van der Waals surface area contributed by atoms with E-state index in [2.05, 4.69) is 117 Å². The lowest BCUT2D eigenvalue weighted by molar-refractivity contribution is -0.0316. The number of aromatic nitrogens is 4. The summed E-state index contributed by atoms with van der Waals surface area (Å²) < 4.78 is 5.18. The number of carbonyl (C=O) groups excluding carboxylic acids is 3. The van der Waals surface area contributed by atoms with Crippen LogP contribution in [0, 0.1) is 17.8 Å². The molecule has 3 aromatic heterocycles. The first kappa shape index (κ1) is 63.2. The lowest BCUT2D eigenvalue weighted by Crippen LogP contribution is -2.42. The average Bonchev–Trinajstić information content (AvgIpc) is 4.24. The van der Waals surface area contributed by atoms with Gasteiger partial charge in [0.25, 0.3) is 17.7 Å². The van der Waals surface area contributed by atoms with E-state index in [0.717, 1.165) is 108 Å². The van der Waals surface area contributed by atoms with Crippen molar-refractivity contribution in [2.24, 2.45) is 17.8 Å². The molecular weight excluding hydrogens is 1090 g/mol. The van der Waals surface area contributed by atoms with E-state index in [9.17, 15) is 29.7 Å². The number of fused-ring (bicyclic) bond motifs is 3. The molecule has 462 valence electrons. The third kappa shape index (κ3) is 19.6. The Morgan fingerprint density at radius 2 is 0.839 bits per heavy atom. The van der Waals surface area contributed by atoms with Crippen molar-refractivity contribution in [3.05, 3.63) is 189 Å². The fourth-order valence-electron chi connectivity index (χ4n) is 13.1. The number of pyridine rings is 2. The molecule has 3 amide bonds. The van der Waals surface area contributed by atoms with Crippen LogP contribution in [-0.4, -0.2) is 158 Å². The molecule has 0 radical (unpaired) electrons. The Morgan fingerprint density at radius 1 is 0.460 bits per heavy atom. The molecule has 3 fully saturated rings. The third-order valence-electron chi connectivity index (χ3n) is 18.0. The Bertz CT molecular complexity index is 3170. The Kier molecular flexibility index (Phi) is 23.5. The topological polar surface area (TPSA) is 218 Å². The molecule has 1 saturated heterocycles. The van der Waals surface area contributed by atoms with Crippen LogP contribution in [0.3, 0.4) is 0 Å². The maximum Gasteiger partial charge on any atom is 0.270 e.